The highest BCUT2D eigenvalue weighted by Crippen LogP contribution is 2.20. The Morgan fingerprint density at radius 1 is 1.42 bits per heavy atom. The van der Waals surface area contributed by atoms with Gasteiger partial charge in [-0.25, -0.2) is 4.98 Å². The number of hydrogen-bond donors (Lipinski definition) is 1. The lowest BCUT2D eigenvalue weighted by Crippen LogP contribution is -2.23. The summed E-state index contributed by atoms with van der Waals surface area (Å²) in [5.41, 5.74) is 1.36. The number of methoxy groups -OCH3 is 1. The normalized spacial score (nSPS) is 10.8. The predicted molar refractivity (Wildman–Crippen MR) is 95.2 cm³/mol. The highest BCUT2D eigenvalue weighted by Gasteiger charge is 2.17. The van der Waals surface area contributed by atoms with Crippen molar-refractivity contribution in [1.82, 2.24) is 9.55 Å². The molecule has 0 unspecified atom stereocenters. The maximum absolute atomic E-state index is 12.8. The molecule has 1 aromatic carbocycles. The lowest BCUT2D eigenvalue weighted by molar-refractivity contribution is 0.102. The lowest BCUT2D eigenvalue weighted by atomic mass is 10.1. The van der Waals surface area contributed by atoms with E-state index in [9.17, 15) is 9.59 Å². The molecule has 0 bridgehead atoms. The first kappa shape index (κ1) is 16.2. The Bertz CT molecular complexity index is 975. The number of pyridine rings is 1. The predicted octanol–water partition coefficient (Wildman–Crippen LogP) is 3.05. The first-order valence-corrected chi connectivity index (χ1v) is 8.36. The van der Waals surface area contributed by atoms with Gasteiger partial charge in [-0.2, -0.15) is 0 Å². The van der Waals surface area contributed by atoms with E-state index in [1.54, 1.807) is 25.4 Å². The van der Waals surface area contributed by atoms with Crippen LogP contribution in [0.15, 0.2) is 34.6 Å². The van der Waals surface area contributed by atoms with Crippen LogP contribution in [0.4, 0.5) is 5.13 Å². The van der Waals surface area contributed by atoms with Gasteiger partial charge in [0.25, 0.3) is 5.91 Å². The molecular weight excluding hydrogens is 326 g/mol. The Hall–Kier alpha value is -2.67. The minimum Gasteiger partial charge on any atom is -0.497 e. The lowest BCUT2D eigenvalue weighted by Gasteiger charge is -2.12. The number of benzene rings is 1. The number of aromatic nitrogens is 2. The molecule has 3 rings (SSSR count). The zero-order valence-electron chi connectivity index (χ0n) is 13.6. The van der Waals surface area contributed by atoms with Crippen LogP contribution in [0.2, 0.25) is 0 Å². The van der Waals surface area contributed by atoms with E-state index in [2.05, 4.69) is 10.3 Å². The van der Waals surface area contributed by atoms with Crippen molar-refractivity contribution in [3.63, 3.8) is 0 Å². The van der Waals surface area contributed by atoms with Crippen LogP contribution in [0.3, 0.4) is 0 Å². The van der Waals surface area contributed by atoms with Gasteiger partial charge in [0.2, 0.25) is 5.43 Å². The molecule has 0 aliphatic heterocycles. The van der Waals surface area contributed by atoms with Crippen LogP contribution < -0.4 is 15.5 Å². The molecule has 0 aliphatic carbocycles. The number of aryl methyl sites for hydroxylation is 2. The molecule has 6 nitrogen and oxygen atoms in total. The SMILES string of the molecule is CCn1cc(C(=O)Nc2nc(C)cs2)c(=O)c2cc(OC)ccc21. The van der Waals surface area contributed by atoms with Gasteiger partial charge in [-0.1, -0.05) is 0 Å². The Morgan fingerprint density at radius 3 is 2.83 bits per heavy atom. The maximum Gasteiger partial charge on any atom is 0.262 e. The number of carbonyl (C=O) groups excluding carboxylic acids is 1. The smallest absolute Gasteiger partial charge is 0.262 e. The summed E-state index contributed by atoms with van der Waals surface area (Å²) in [4.78, 5) is 29.5. The van der Waals surface area contributed by atoms with Gasteiger partial charge in [0.05, 0.1) is 23.7 Å². The number of carbonyl (C=O) groups is 1. The molecular formula is C17H17N3O3S. The van der Waals surface area contributed by atoms with Crippen molar-refractivity contribution >= 4 is 33.3 Å². The van der Waals surface area contributed by atoms with E-state index < -0.39 is 5.91 Å². The summed E-state index contributed by atoms with van der Waals surface area (Å²) in [5, 5.41) is 5.46. The summed E-state index contributed by atoms with van der Waals surface area (Å²) in [5.74, 6) is 0.122. The van der Waals surface area contributed by atoms with Gasteiger partial charge in [0, 0.05) is 18.1 Å². The van der Waals surface area contributed by atoms with Crippen molar-refractivity contribution in [2.75, 3.05) is 12.4 Å². The summed E-state index contributed by atoms with van der Waals surface area (Å²) >= 11 is 1.33. The Morgan fingerprint density at radius 2 is 2.21 bits per heavy atom. The quantitative estimate of drug-likeness (QED) is 0.790. The van der Waals surface area contributed by atoms with Crippen molar-refractivity contribution < 1.29 is 9.53 Å². The number of hydrogen-bond acceptors (Lipinski definition) is 5. The minimum absolute atomic E-state index is 0.0884. The summed E-state index contributed by atoms with van der Waals surface area (Å²) in [6.45, 7) is 4.44. The molecule has 0 atom stereocenters. The molecule has 0 spiro atoms. The van der Waals surface area contributed by atoms with Crippen molar-refractivity contribution in [3.8, 4) is 5.75 Å². The van der Waals surface area contributed by atoms with Gasteiger partial charge in [0.15, 0.2) is 5.13 Å². The first-order chi connectivity index (χ1) is 11.5. The number of anilines is 1. The second-order valence-corrected chi connectivity index (χ2v) is 6.15. The highest BCUT2D eigenvalue weighted by molar-refractivity contribution is 7.13. The average Bonchev–Trinajstić information content (AvgIpc) is 2.99. The first-order valence-electron chi connectivity index (χ1n) is 7.48. The topological polar surface area (TPSA) is 73.2 Å². The molecule has 0 aliphatic rings. The fourth-order valence-corrected chi connectivity index (χ4v) is 3.19. The molecule has 7 heteroatoms. The molecule has 0 radical (unpaired) electrons. The van der Waals surface area contributed by atoms with Gasteiger partial charge < -0.3 is 9.30 Å². The van der Waals surface area contributed by atoms with E-state index in [1.807, 2.05) is 29.9 Å². The second-order valence-electron chi connectivity index (χ2n) is 5.29. The van der Waals surface area contributed by atoms with Crippen LogP contribution in [0.1, 0.15) is 23.0 Å². The van der Waals surface area contributed by atoms with Gasteiger partial charge in [-0.05, 0) is 32.0 Å². The third-order valence-corrected chi connectivity index (χ3v) is 4.59. The van der Waals surface area contributed by atoms with Gasteiger partial charge in [-0.3, -0.25) is 14.9 Å². The summed E-state index contributed by atoms with van der Waals surface area (Å²) in [7, 11) is 1.54. The number of thiazole rings is 1. The van der Waals surface area contributed by atoms with E-state index in [-0.39, 0.29) is 11.0 Å². The molecule has 1 amide bonds. The Labute approximate surface area is 142 Å². The second kappa shape index (κ2) is 6.45. The molecule has 0 fully saturated rings. The number of rotatable bonds is 4. The van der Waals surface area contributed by atoms with Crippen LogP contribution in [-0.4, -0.2) is 22.6 Å². The molecule has 2 heterocycles. The van der Waals surface area contributed by atoms with Crippen LogP contribution in [0, 0.1) is 6.92 Å². The monoisotopic (exact) mass is 343 g/mol. The number of nitrogens with zero attached hydrogens (tertiary/aromatic N) is 2. The van der Waals surface area contributed by atoms with E-state index in [0.717, 1.165) is 11.2 Å². The molecule has 0 saturated carbocycles. The maximum atomic E-state index is 12.8. The highest BCUT2D eigenvalue weighted by atomic mass is 32.1. The zero-order valence-corrected chi connectivity index (χ0v) is 14.4. The minimum atomic E-state index is -0.457. The van der Waals surface area contributed by atoms with Crippen LogP contribution in [0.25, 0.3) is 10.9 Å². The van der Waals surface area contributed by atoms with E-state index >= 15 is 0 Å². The zero-order chi connectivity index (χ0) is 17.3. The largest absolute Gasteiger partial charge is 0.497 e. The molecule has 1 N–H and O–H groups in total. The number of ether oxygens (including phenoxy) is 1. The van der Waals surface area contributed by atoms with Gasteiger partial charge in [0.1, 0.15) is 11.3 Å². The molecule has 3 aromatic rings. The summed E-state index contributed by atoms with van der Waals surface area (Å²) < 4.78 is 7.07. The average molecular weight is 343 g/mol. The summed E-state index contributed by atoms with van der Waals surface area (Å²) in [6.07, 6.45) is 1.59. The standard InChI is InChI=1S/C17H17N3O3S/c1-4-20-8-13(16(22)19-17-18-10(2)9-24-17)15(21)12-7-11(23-3)5-6-14(12)20/h5-9H,4H2,1-3H3,(H,18,19,22). The number of fused-ring (bicyclic) bond motifs is 1. The fourth-order valence-electron chi connectivity index (χ4n) is 2.50. The van der Waals surface area contributed by atoms with Crippen LogP contribution in [-0.2, 0) is 6.54 Å². The van der Waals surface area contributed by atoms with Crippen molar-refractivity contribution in [2.45, 2.75) is 20.4 Å². The van der Waals surface area contributed by atoms with Crippen LogP contribution in [0.5, 0.6) is 5.75 Å². The van der Waals surface area contributed by atoms with E-state index in [4.69, 9.17) is 4.74 Å². The fraction of sp³-hybridized carbons (Fsp3) is 0.235. The van der Waals surface area contributed by atoms with Crippen molar-refractivity contribution in [2.24, 2.45) is 0 Å². The third-order valence-electron chi connectivity index (χ3n) is 3.71. The molecule has 0 saturated heterocycles. The van der Waals surface area contributed by atoms with Crippen LogP contribution >= 0.6 is 11.3 Å². The summed E-state index contributed by atoms with van der Waals surface area (Å²) in [6, 6.07) is 5.28. The van der Waals surface area contributed by atoms with Gasteiger partial charge in [-0.15, -0.1) is 11.3 Å². The Kier molecular flexibility index (Phi) is 4.35. The molecule has 2 aromatic heterocycles. The third kappa shape index (κ3) is 2.90. The van der Waals surface area contributed by atoms with E-state index in [1.165, 1.54) is 11.3 Å². The number of nitrogens with one attached hydrogen (secondary N) is 1. The molecule has 24 heavy (non-hydrogen) atoms. The van der Waals surface area contributed by atoms with E-state index in [0.29, 0.717) is 22.8 Å². The van der Waals surface area contributed by atoms with Crippen molar-refractivity contribution in [1.29, 1.82) is 0 Å². The Balaban J connectivity index is 2.11. The number of amides is 1. The van der Waals surface area contributed by atoms with Gasteiger partial charge >= 0.3 is 0 Å². The molecule has 124 valence electrons. The van der Waals surface area contributed by atoms with Crippen molar-refractivity contribution in [3.05, 3.63) is 51.3 Å².